The lowest BCUT2D eigenvalue weighted by Gasteiger charge is -2.14. The van der Waals surface area contributed by atoms with E-state index in [0.29, 0.717) is 13.2 Å². The Balaban J connectivity index is 2.66. The molecule has 0 aliphatic rings. The van der Waals surface area contributed by atoms with Gasteiger partial charge in [-0.05, 0) is 18.3 Å². The van der Waals surface area contributed by atoms with Gasteiger partial charge in [-0.3, -0.25) is 10.1 Å². The average molecular weight is 279 g/mol. The molecule has 20 heavy (non-hydrogen) atoms. The van der Waals surface area contributed by atoms with Crippen molar-refractivity contribution in [3.63, 3.8) is 0 Å². The van der Waals surface area contributed by atoms with Gasteiger partial charge in [0.15, 0.2) is 0 Å². The summed E-state index contributed by atoms with van der Waals surface area (Å²) in [6.45, 7) is 5.46. The molecule has 0 bridgehead atoms. The maximum atomic E-state index is 10.6. The highest BCUT2D eigenvalue weighted by Gasteiger charge is 2.21. The fraction of sp³-hybridized carbons (Fsp3) is 0.571. The molecule has 0 unspecified atom stereocenters. The van der Waals surface area contributed by atoms with Crippen LogP contribution in [0.3, 0.4) is 0 Å². The Bertz CT molecular complexity index is 387. The number of unbranched alkanes of at least 4 members (excludes halogenated alkanes) is 2. The summed E-state index contributed by atoms with van der Waals surface area (Å²) in [6.07, 6.45) is 4.06. The predicted octanol–water partition coefficient (Wildman–Crippen LogP) is 2.92. The van der Waals surface area contributed by atoms with E-state index in [9.17, 15) is 10.1 Å². The molecule has 0 radical (unpaired) electrons. The number of benzene rings is 1. The van der Waals surface area contributed by atoms with E-state index in [0.717, 1.165) is 31.1 Å². The summed E-state index contributed by atoms with van der Waals surface area (Å²) in [5.41, 5.74) is 0.900. The normalized spacial score (nSPS) is 10.5. The second kappa shape index (κ2) is 9.50. The van der Waals surface area contributed by atoms with Gasteiger partial charge in [-0.15, -0.1) is 0 Å². The van der Waals surface area contributed by atoms with Crippen molar-refractivity contribution in [2.75, 3.05) is 13.2 Å². The Labute approximate surface area is 120 Å². The Hall–Kier alpha value is -1.40. The van der Waals surface area contributed by atoms with E-state index in [1.165, 1.54) is 12.1 Å². The monoisotopic (exact) mass is 279 g/mol. The van der Waals surface area contributed by atoms with Gasteiger partial charge in [0.1, 0.15) is 0 Å². The van der Waals surface area contributed by atoms with E-state index in [-0.39, 0.29) is 5.69 Å². The molecule has 0 spiro atoms. The van der Waals surface area contributed by atoms with Crippen molar-refractivity contribution in [2.45, 2.75) is 39.5 Å². The number of rotatable bonds is 10. The van der Waals surface area contributed by atoms with Gasteiger partial charge in [-0.2, -0.15) is 0 Å². The molecular weight excluding hydrogens is 257 g/mol. The quantitative estimate of drug-likeness (QED) is 0.286. The molecule has 1 aromatic carbocycles. The molecule has 1 rings (SSSR count). The van der Waals surface area contributed by atoms with Gasteiger partial charge in [-0.1, -0.05) is 38.8 Å². The molecule has 0 aliphatic heterocycles. The van der Waals surface area contributed by atoms with E-state index in [2.05, 4.69) is 13.8 Å². The van der Waals surface area contributed by atoms with Crippen LogP contribution in [0, 0.1) is 10.1 Å². The third-order valence-corrected chi connectivity index (χ3v) is 2.91. The van der Waals surface area contributed by atoms with E-state index in [1.807, 2.05) is 0 Å². The van der Waals surface area contributed by atoms with Crippen molar-refractivity contribution in [1.29, 1.82) is 0 Å². The maximum absolute atomic E-state index is 10.6. The van der Waals surface area contributed by atoms with Crippen molar-refractivity contribution < 1.29 is 14.2 Å². The molecule has 0 N–H and O–H groups in total. The first-order chi connectivity index (χ1) is 9.69. The SMILES string of the molecule is CCCCOB(OCCCC)c1ccc([N+](=O)[O-])cc1. The van der Waals surface area contributed by atoms with Crippen LogP contribution < -0.4 is 5.46 Å². The molecule has 1 aromatic rings. The minimum Gasteiger partial charge on any atom is -0.407 e. The average Bonchev–Trinajstić information content (AvgIpc) is 2.46. The van der Waals surface area contributed by atoms with E-state index < -0.39 is 12.0 Å². The smallest absolute Gasteiger partial charge is 0.407 e. The van der Waals surface area contributed by atoms with Crippen LogP contribution in [-0.2, 0) is 9.31 Å². The fourth-order valence-electron chi connectivity index (χ4n) is 1.66. The number of nitrogens with zero attached hydrogens (tertiary/aromatic N) is 1. The molecule has 0 fully saturated rings. The van der Waals surface area contributed by atoms with Crippen molar-refractivity contribution in [2.24, 2.45) is 0 Å². The number of hydrogen-bond acceptors (Lipinski definition) is 4. The lowest BCUT2D eigenvalue weighted by Crippen LogP contribution is -2.37. The lowest BCUT2D eigenvalue weighted by molar-refractivity contribution is -0.384. The van der Waals surface area contributed by atoms with Gasteiger partial charge in [0.2, 0.25) is 0 Å². The zero-order chi connectivity index (χ0) is 14.8. The summed E-state index contributed by atoms with van der Waals surface area (Å²) < 4.78 is 11.4. The summed E-state index contributed by atoms with van der Waals surface area (Å²) in [5.74, 6) is 0. The third-order valence-electron chi connectivity index (χ3n) is 2.91. The van der Waals surface area contributed by atoms with Gasteiger partial charge in [-0.25, -0.2) is 0 Å². The Morgan fingerprint density at radius 2 is 1.55 bits per heavy atom. The zero-order valence-corrected chi connectivity index (χ0v) is 12.2. The molecule has 110 valence electrons. The van der Waals surface area contributed by atoms with Crippen LogP contribution in [0.15, 0.2) is 24.3 Å². The van der Waals surface area contributed by atoms with Crippen molar-refractivity contribution >= 4 is 18.3 Å². The fourth-order valence-corrected chi connectivity index (χ4v) is 1.66. The first-order valence-corrected chi connectivity index (χ1v) is 7.16. The molecule has 6 heteroatoms. The predicted molar refractivity (Wildman–Crippen MR) is 80.2 cm³/mol. The third kappa shape index (κ3) is 5.71. The lowest BCUT2D eigenvalue weighted by atomic mass is 9.78. The van der Waals surface area contributed by atoms with E-state index in [4.69, 9.17) is 9.31 Å². The van der Waals surface area contributed by atoms with Crippen LogP contribution >= 0.6 is 0 Å². The van der Waals surface area contributed by atoms with E-state index >= 15 is 0 Å². The Kier molecular flexibility index (Phi) is 7.91. The zero-order valence-electron chi connectivity index (χ0n) is 12.2. The number of nitro benzene ring substituents is 1. The molecule has 5 nitrogen and oxygen atoms in total. The van der Waals surface area contributed by atoms with Crippen LogP contribution in [0.25, 0.3) is 0 Å². The second-order valence-electron chi connectivity index (χ2n) is 4.63. The summed E-state index contributed by atoms with van der Waals surface area (Å²) in [7, 11) is -0.436. The first kappa shape index (κ1) is 16.7. The highest BCUT2D eigenvalue weighted by Crippen LogP contribution is 2.08. The summed E-state index contributed by atoms with van der Waals surface area (Å²) in [6, 6.07) is 6.35. The van der Waals surface area contributed by atoms with Crippen molar-refractivity contribution in [3.8, 4) is 0 Å². The summed E-state index contributed by atoms with van der Waals surface area (Å²) in [4.78, 5) is 10.2. The minimum absolute atomic E-state index is 0.0783. The van der Waals surface area contributed by atoms with Gasteiger partial charge in [0, 0.05) is 25.3 Å². The Morgan fingerprint density at radius 3 is 1.95 bits per heavy atom. The van der Waals surface area contributed by atoms with Crippen LogP contribution in [0.1, 0.15) is 39.5 Å². The Morgan fingerprint density at radius 1 is 1.05 bits per heavy atom. The molecule has 0 atom stereocenters. The highest BCUT2D eigenvalue weighted by atomic mass is 16.6. The minimum atomic E-state index is -0.436. The molecule has 0 saturated carbocycles. The molecular formula is C14H22BNO4. The number of nitro groups is 1. The summed E-state index contributed by atoms with van der Waals surface area (Å²) in [5, 5.41) is 10.6. The van der Waals surface area contributed by atoms with Crippen molar-refractivity contribution in [1.82, 2.24) is 0 Å². The molecule has 0 aromatic heterocycles. The van der Waals surface area contributed by atoms with Gasteiger partial charge < -0.3 is 9.31 Å². The van der Waals surface area contributed by atoms with Crippen LogP contribution in [0.2, 0.25) is 0 Å². The highest BCUT2D eigenvalue weighted by molar-refractivity contribution is 6.61. The number of non-ortho nitro benzene ring substituents is 1. The van der Waals surface area contributed by atoms with Gasteiger partial charge in [0.05, 0.1) is 4.92 Å². The van der Waals surface area contributed by atoms with E-state index in [1.54, 1.807) is 12.1 Å². The van der Waals surface area contributed by atoms with Crippen LogP contribution in [-0.4, -0.2) is 25.3 Å². The van der Waals surface area contributed by atoms with Crippen LogP contribution in [0.4, 0.5) is 5.69 Å². The van der Waals surface area contributed by atoms with Crippen LogP contribution in [0.5, 0.6) is 0 Å². The molecule has 0 saturated heterocycles. The largest absolute Gasteiger partial charge is 0.493 e. The molecule has 0 amide bonds. The second-order valence-corrected chi connectivity index (χ2v) is 4.63. The summed E-state index contributed by atoms with van der Waals surface area (Å²) >= 11 is 0. The van der Waals surface area contributed by atoms with Crippen molar-refractivity contribution in [3.05, 3.63) is 34.4 Å². The molecule has 0 heterocycles. The van der Waals surface area contributed by atoms with Gasteiger partial charge >= 0.3 is 7.12 Å². The first-order valence-electron chi connectivity index (χ1n) is 7.16. The topological polar surface area (TPSA) is 61.6 Å². The van der Waals surface area contributed by atoms with Gasteiger partial charge in [0.25, 0.3) is 5.69 Å². The molecule has 0 aliphatic carbocycles. The standard InChI is InChI=1S/C14H22BNO4/c1-3-5-11-19-15(20-12-6-4-2)13-7-9-14(10-8-13)16(17)18/h7-10H,3-6,11-12H2,1-2H3. The number of hydrogen-bond donors (Lipinski definition) is 0. The maximum Gasteiger partial charge on any atom is 0.493 e.